The third kappa shape index (κ3) is 1.33. The summed E-state index contributed by atoms with van der Waals surface area (Å²) < 4.78 is 0. The Morgan fingerprint density at radius 3 is 2.27 bits per heavy atom. The first-order valence-electron chi connectivity index (χ1n) is 4.54. The van der Waals surface area contributed by atoms with Crippen molar-refractivity contribution in [1.82, 2.24) is 0 Å². The van der Waals surface area contributed by atoms with E-state index in [1.807, 2.05) is 0 Å². The fourth-order valence-electron chi connectivity index (χ4n) is 1.92. The van der Waals surface area contributed by atoms with E-state index in [9.17, 15) is 4.79 Å². The fraction of sp³-hybridized carbons (Fsp3) is 0.900. The van der Waals surface area contributed by atoms with Crippen LogP contribution in [0.25, 0.3) is 0 Å². The summed E-state index contributed by atoms with van der Waals surface area (Å²) in [5, 5.41) is 0. The highest BCUT2D eigenvalue weighted by Gasteiger charge is 2.60. The molecule has 1 saturated carbocycles. The maximum absolute atomic E-state index is 10.8. The first-order chi connectivity index (χ1) is 5.08. The van der Waals surface area contributed by atoms with Crippen LogP contribution in [0.4, 0.5) is 0 Å². The van der Waals surface area contributed by atoms with Gasteiger partial charge in [-0.25, -0.2) is 0 Å². The van der Waals surface area contributed by atoms with Crippen molar-refractivity contribution >= 4 is 6.29 Å². The molecule has 1 aliphatic rings. The van der Waals surface area contributed by atoms with Crippen molar-refractivity contribution in [3.8, 4) is 0 Å². The van der Waals surface area contributed by atoms with Gasteiger partial charge >= 0.3 is 0 Å². The second kappa shape index (κ2) is 2.62. The van der Waals surface area contributed by atoms with E-state index in [1.54, 1.807) is 0 Å². The minimum atomic E-state index is 0.0585. The van der Waals surface area contributed by atoms with Crippen molar-refractivity contribution in [2.24, 2.45) is 10.8 Å². The molecule has 0 amide bonds. The number of hydrogen-bond acceptors (Lipinski definition) is 1. The molecule has 0 aromatic carbocycles. The summed E-state index contributed by atoms with van der Waals surface area (Å²) in [6.07, 6.45) is 5.78. The number of carbonyl (C=O) groups excluding carboxylic acids is 1. The third-order valence-electron chi connectivity index (χ3n) is 3.18. The molecule has 0 radical (unpaired) electrons. The molecule has 0 saturated heterocycles. The van der Waals surface area contributed by atoms with Gasteiger partial charge in [0.25, 0.3) is 0 Å². The number of hydrogen-bond donors (Lipinski definition) is 0. The van der Waals surface area contributed by atoms with E-state index in [4.69, 9.17) is 0 Å². The quantitative estimate of drug-likeness (QED) is 0.569. The average Bonchev–Trinajstić information content (AvgIpc) is 2.50. The van der Waals surface area contributed by atoms with Crippen molar-refractivity contribution in [1.29, 1.82) is 0 Å². The molecule has 64 valence electrons. The maximum Gasteiger partial charge on any atom is 0.126 e. The zero-order chi connectivity index (χ0) is 8.54. The lowest BCUT2D eigenvalue weighted by atomic mass is 9.92. The number of carbonyl (C=O) groups is 1. The van der Waals surface area contributed by atoms with Gasteiger partial charge in [0.2, 0.25) is 0 Å². The molecule has 0 aromatic rings. The van der Waals surface area contributed by atoms with Crippen LogP contribution in [0.2, 0.25) is 0 Å². The Morgan fingerprint density at radius 2 is 2.00 bits per heavy atom. The zero-order valence-corrected chi connectivity index (χ0v) is 7.81. The van der Waals surface area contributed by atoms with Crippen LogP contribution < -0.4 is 0 Å². The zero-order valence-electron chi connectivity index (χ0n) is 7.81. The highest BCUT2D eigenvalue weighted by Crippen LogP contribution is 2.64. The Balaban J connectivity index is 2.46. The Kier molecular flexibility index (Phi) is 2.08. The van der Waals surface area contributed by atoms with Gasteiger partial charge in [-0.3, -0.25) is 0 Å². The van der Waals surface area contributed by atoms with E-state index < -0.39 is 0 Å². The van der Waals surface area contributed by atoms with Crippen molar-refractivity contribution < 1.29 is 4.79 Å². The van der Waals surface area contributed by atoms with Gasteiger partial charge in [-0.2, -0.15) is 0 Å². The molecule has 0 spiro atoms. The molecule has 1 unspecified atom stereocenters. The molecular weight excluding hydrogens is 136 g/mol. The van der Waals surface area contributed by atoms with Crippen LogP contribution >= 0.6 is 0 Å². The lowest BCUT2D eigenvalue weighted by Crippen LogP contribution is -2.10. The van der Waals surface area contributed by atoms with Crippen LogP contribution in [0, 0.1) is 10.8 Å². The number of unbranched alkanes of at least 4 members (excludes halogenated alkanes) is 1. The Morgan fingerprint density at radius 1 is 1.45 bits per heavy atom. The summed E-state index contributed by atoms with van der Waals surface area (Å²) in [5.41, 5.74) is 0.354. The van der Waals surface area contributed by atoms with Gasteiger partial charge in [0.1, 0.15) is 6.29 Å². The molecule has 0 heterocycles. The normalized spacial score (nSPS) is 33.4. The summed E-state index contributed by atoms with van der Waals surface area (Å²) >= 11 is 0. The molecule has 1 heteroatoms. The largest absolute Gasteiger partial charge is 0.303 e. The SMILES string of the molecule is CCCCC1(C=O)CC1(C)C. The first kappa shape index (κ1) is 8.76. The first-order valence-corrected chi connectivity index (χ1v) is 4.54. The summed E-state index contributed by atoms with van der Waals surface area (Å²) in [6, 6.07) is 0. The summed E-state index contributed by atoms with van der Waals surface area (Å²) in [6.45, 7) is 6.56. The van der Waals surface area contributed by atoms with E-state index in [1.165, 1.54) is 19.1 Å². The smallest absolute Gasteiger partial charge is 0.126 e. The van der Waals surface area contributed by atoms with Gasteiger partial charge in [-0.15, -0.1) is 0 Å². The van der Waals surface area contributed by atoms with Crippen molar-refractivity contribution in [3.63, 3.8) is 0 Å². The molecule has 1 nitrogen and oxygen atoms in total. The third-order valence-corrected chi connectivity index (χ3v) is 3.18. The van der Waals surface area contributed by atoms with E-state index in [0.29, 0.717) is 5.41 Å². The van der Waals surface area contributed by atoms with Crippen LogP contribution in [-0.4, -0.2) is 6.29 Å². The lowest BCUT2D eigenvalue weighted by molar-refractivity contribution is -0.113. The van der Waals surface area contributed by atoms with Gasteiger partial charge in [-0.1, -0.05) is 33.6 Å². The highest BCUT2D eigenvalue weighted by atomic mass is 16.1. The highest BCUT2D eigenvalue weighted by molar-refractivity contribution is 5.66. The molecule has 11 heavy (non-hydrogen) atoms. The average molecular weight is 154 g/mol. The maximum atomic E-state index is 10.8. The number of rotatable bonds is 4. The van der Waals surface area contributed by atoms with Crippen LogP contribution in [0.5, 0.6) is 0 Å². The topological polar surface area (TPSA) is 17.1 Å². The molecule has 0 aliphatic heterocycles. The minimum absolute atomic E-state index is 0.0585. The molecule has 0 N–H and O–H groups in total. The monoisotopic (exact) mass is 154 g/mol. The molecule has 1 atom stereocenters. The number of aldehydes is 1. The van der Waals surface area contributed by atoms with E-state index in [-0.39, 0.29) is 5.41 Å². The van der Waals surface area contributed by atoms with Crippen LogP contribution in [0.1, 0.15) is 46.5 Å². The van der Waals surface area contributed by atoms with E-state index >= 15 is 0 Å². The minimum Gasteiger partial charge on any atom is -0.303 e. The van der Waals surface area contributed by atoms with Crippen LogP contribution in [0.3, 0.4) is 0 Å². The summed E-state index contributed by atoms with van der Waals surface area (Å²) in [4.78, 5) is 10.8. The van der Waals surface area contributed by atoms with E-state index in [2.05, 4.69) is 20.8 Å². The van der Waals surface area contributed by atoms with Crippen molar-refractivity contribution in [2.45, 2.75) is 46.5 Å². The van der Waals surface area contributed by atoms with Crippen LogP contribution in [-0.2, 0) is 4.79 Å². The Bertz CT molecular complexity index is 160. The molecule has 1 fully saturated rings. The second-order valence-electron chi connectivity index (χ2n) is 4.44. The van der Waals surface area contributed by atoms with Gasteiger partial charge < -0.3 is 4.79 Å². The standard InChI is InChI=1S/C10H18O/c1-4-5-6-10(8-11)7-9(10,2)3/h8H,4-7H2,1-3H3. The lowest BCUT2D eigenvalue weighted by Gasteiger charge is -2.11. The van der Waals surface area contributed by atoms with Gasteiger partial charge in [0, 0.05) is 5.41 Å². The molecule has 0 aromatic heterocycles. The van der Waals surface area contributed by atoms with Crippen molar-refractivity contribution in [3.05, 3.63) is 0 Å². The van der Waals surface area contributed by atoms with Crippen LogP contribution in [0.15, 0.2) is 0 Å². The van der Waals surface area contributed by atoms with Gasteiger partial charge in [-0.05, 0) is 18.3 Å². The molecule has 1 aliphatic carbocycles. The van der Waals surface area contributed by atoms with Gasteiger partial charge in [0.05, 0.1) is 0 Å². The summed E-state index contributed by atoms with van der Waals surface area (Å²) in [5.74, 6) is 0. The van der Waals surface area contributed by atoms with Crippen molar-refractivity contribution in [2.75, 3.05) is 0 Å². The predicted octanol–water partition coefficient (Wildman–Crippen LogP) is 2.79. The second-order valence-corrected chi connectivity index (χ2v) is 4.44. The van der Waals surface area contributed by atoms with E-state index in [0.717, 1.165) is 12.8 Å². The predicted molar refractivity (Wildman–Crippen MR) is 46.4 cm³/mol. The Labute approximate surface area is 69.2 Å². The molecular formula is C10H18O. The fourth-order valence-corrected chi connectivity index (χ4v) is 1.92. The van der Waals surface area contributed by atoms with Gasteiger partial charge in [0.15, 0.2) is 0 Å². The molecule has 0 bridgehead atoms. The Hall–Kier alpha value is -0.330. The summed E-state index contributed by atoms with van der Waals surface area (Å²) in [7, 11) is 0. The molecule has 1 rings (SSSR count).